The zero-order valence-electron chi connectivity index (χ0n) is 11.6. The van der Waals surface area contributed by atoms with Gasteiger partial charge in [-0.25, -0.2) is 9.97 Å². The number of nitrogens with zero attached hydrogens (tertiary/aromatic N) is 3. The fourth-order valence-corrected chi connectivity index (χ4v) is 2.01. The zero-order chi connectivity index (χ0) is 14.5. The van der Waals surface area contributed by atoms with Crippen molar-refractivity contribution in [2.75, 3.05) is 6.61 Å². The third-order valence-electron chi connectivity index (χ3n) is 2.99. The predicted molar refractivity (Wildman–Crippen MR) is 74.4 cm³/mol. The number of hydrogen-bond acceptors (Lipinski definition) is 5. The van der Waals surface area contributed by atoms with Crippen molar-refractivity contribution in [2.45, 2.75) is 26.2 Å². The molecule has 0 unspecified atom stereocenters. The Labute approximate surface area is 116 Å². The Balaban J connectivity index is 2.16. The van der Waals surface area contributed by atoms with Crippen LogP contribution in [-0.2, 0) is 23.0 Å². The fraction of sp³-hybridized carbons (Fsp3) is 0.429. The van der Waals surface area contributed by atoms with E-state index >= 15 is 0 Å². The van der Waals surface area contributed by atoms with Crippen molar-refractivity contribution in [1.82, 2.24) is 14.5 Å². The van der Waals surface area contributed by atoms with E-state index in [1.54, 1.807) is 26.2 Å². The van der Waals surface area contributed by atoms with E-state index in [1.807, 2.05) is 6.07 Å². The molecule has 6 nitrogen and oxygen atoms in total. The molecule has 0 atom stereocenters. The van der Waals surface area contributed by atoms with E-state index in [0.717, 1.165) is 0 Å². The van der Waals surface area contributed by atoms with Gasteiger partial charge < -0.3 is 4.74 Å². The molecule has 0 fully saturated rings. The monoisotopic (exact) mass is 275 g/mol. The summed E-state index contributed by atoms with van der Waals surface area (Å²) in [5.74, 6) is -0.244. The number of carbonyl (C=O) groups excluding carboxylic acids is 1. The SMILES string of the molecule is CCOC(=O)CCCc1nc2cccnc2n(C)c1=O. The maximum Gasteiger partial charge on any atom is 0.305 e. The number of carbonyl (C=O) groups is 1. The summed E-state index contributed by atoms with van der Waals surface area (Å²) in [5, 5.41) is 0. The molecule has 20 heavy (non-hydrogen) atoms. The minimum Gasteiger partial charge on any atom is -0.466 e. The summed E-state index contributed by atoms with van der Waals surface area (Å²) in [5.41, 5.74) is 1.53. The van der Waals surface area contributed by atoms with Gasteiger partial charge in [0, 0.05) is 19.7 Å². The first kappa shape index (κ1) is 14.2. The van der Waals surface area contributed by atoms with Gasteiger partial charge in [-0.3, -0.25) is 14.2 Å². The molecule has 0 amide bonds. The minimum atomic E-state index is -0.244. The van der Waals surface area contributed by atoms with Crippen LogP contribution in [0.4, 0.5) is 0 Å². The van der Waals surface area contributed by atoms with Crippen LogP contribution >= 0.6 is 0 Å². The van der Waals surface area contributed by atoms with Gasteiger partial charge in [0.1, 0.15) is 11.2 Å². The van der Waals surface area contributed by atoms with E-state index < -0.39 is 0 Å². The highest BCUT2D eigenvalue weighted by atomic mass is 16.5. The molecule has 0 saturated carbocycles. The Hall–Kier alpha value is -2.24. The molecule has 2 rings (SSSR count). The first-order valence-corrected chi connectivity index (χ1v) is 6.59. The van der Waals surface area contributed by atoms with Gasteiger partial charge in [-0.15, -0.1) is 0 Å². The maximum atomic E-state index is 12.1. The summed E-state index contributed by atoms with van der Waals surface area (Å²) in [4.78, 5) is 31.9. The van der Waals surface area contributed by atoms with Crippen LogP contribution in [0.5, 0.6) is 0 Å². The fourth-order valence-electron chi connectivity index (χ4n) is 2.01. The van der Waals surface area contributed by atoms with Crippen LogP contribution in [-0.4, -0.2) is 27.1 Å². The van der Waals surface area contributed by atoms with Crippen LogP contribution < -0.4 is 5.56 Å². The molecule has 0 aliphatic rings. The van der Waals surface area contributed by atoms with Crippen LogP contribution in [0, 0.1) is 0 Å². The Bertz CT molecular complexity index is 679. The van der Waals surface area contributed by atoms with E-state index in [4.69, 9.17) is 4.74 Å². The van der Waals surface area contributed by atoms with Crippen LogP contribution in [0.2, 0.25) is 0 Å². The average molecular weight is 275 g/mol. The van der Waals surface area contributed by atoms with Gasteiger partial charge in [-0.1, -0.05) is 0 Å². The number of ether oxygens (including phenoxy) is 1. The van der Waals surface area contributed by atoms with Crippen LogP contribution in [0.15, 0.2) is 23.1 Å². The highest BCUT2D eigenvalue weighted by Gasteiger charge is 2.10. The molecule has 0 radical (unpaired) electrons. The van der Waals surface area contributed by atoms with Gasteiger partial charge in [0.25, 0.3) is 5.56 Å². The zero-order valence-corrected chi connectivity index (χ0v) is 11.6. The van der Waals surface area contributed by atoms with Crippen molar-refractivity contribution in [1.29, 1.82) is 0 Å². The quantitative estimate of drug-likeness (QED) is 0.767. The predicted octanol–water partition coefficient (Wildman–Crippen LogP) is 1.21. The van der Waals surface area contributed by atoms with Crippen molar-refractivity contribution in [3.63, 3.8) is 0 Å². The van der Waals surface area contributed by atoms with Crippen LogP contribution in [0.3, 0.4) is 0 Å². The van der Waals surface area contributed by atoms with E-state index in [2.05, 4.69) is 9.97 Å². The number of rotatable bonds is 5. The molecule has 2 aromatic rings. The van der Waals surface area contributed by atoms with Crippen molar-refractivity contribution in [3.05, 3.63) is 34.4 Å². The Morgan fingerprint density at radius 1 is 1.45 bits per heavy atom. The lowest BCUT2D eigenvalue weighted by atomic mass is 10.2. The lowest BCUT2D eigenvalue weighted by Gasteiger charge is -2.06. The number of hydrogen-bond donors (Lipinski definition) is 0. The number of aromatic nitrogens is 3. The largest absolute Gasteiger partial charge is 0.466 e. The van der Waals surface area contributed by atoms with Crippen molar-refractivity contribution < 1.29 is 9.53 Å². The number of pyridine rings is 1. The van der Waals surface area contributed by atoms with E-state index in [1.165, 1.54) is 4.57 Å². The second-order valence-corrected chi connectivity index (χ2v) is 4.43. The molecule has 6 heteroatoms. The van der Waals surface area contributed by atoms with Crippen molar-refractivity contribution in [2.24, 2.45) is 7.05 Å². The van der Waals surface area contributed by atoms with Gasteiger partial charge in [0.2, 0.25) is 0 Å². The third kappa shape index (κ3) is 3.01. The smallest absolute Gasteiger partial charge is 0.305 e. The number of esters is 1. The standard InChI is InChI=1S/C14H17N3O3/c1-3-20-12(18)8-4-6-11-14(19)17(2)13-10(16-11)7-5-9-15-13/h5,7,9H,3-4,6,8H2,1-2H3. The molecule has 0 N–H and O–H groups in total. The maximum absolute atomic E-state index is 12.1. The summed E-state index contributed by atoms with van der Waals surface area (Å²) in [7, 11) is 1.67. The normalized spacial score (nSPS) is 10.7. The molecule has 0 saturated heterocycles. The molecule has 0 spiro atoms. The Morgan fingerprint density at radius 2 is 2.25 bits per heavy atom. The summed E-state index contributed by atoms with van der Waals surface area (Å²) >= 11 is 0. The summed E-state index contributed by atoms with van der Waals surface area (Å²) in [6.45, 7) is 2.14. The number of fused-ring (bicyclic) bond motifs is 1. The van der Waals surface area contributed by atoms with Crippen molar-refractivity contribution >= 4 is 17.1 Å². The molecule has 2 aromatic heterocycles. The van der Waals surface area contributed by atoms with Crippen LogP contribution in [0.25, 0.3) is 11.2 Å². The molecule has 0 aliphatic heterocycles. The lowest BCUT2D eigenvalue weighted by molar-refractivity contribution is -0.143. The Morgan fingerprint density at radius 3 is 3.00 bits per heavy atom. The van der Waals surface area contributed by atoms with Gasteiger partial charge in [-0.05, 0) is 31.9 Å². The molecule has 2 heterocycles. The topological polar surface area (TPSA) is 74.1 Å². The Kier molecular flexibility index (Phi) is 4.45. The second-order valence-electron chi connectivity index (χ2n) is 4.43. The molecule has 0 aromatic carbocycles. The van der Waals surface area contributed by atoms with Crippen LogP contribution in [0.1, 0.15) is 25.5 Å². The first-order valence-electron chi connectivity index (χ1n) is 6.59. The molecular weight excluding hydrogens is 258 g/mol. The third-order valence-corrected chi connectivity index (χ3v) is 2.99. The molecule has 0 bridgehead atoms. The highest BCUT2D eigenvalue weighted by Crippen LogP contribution is 2.07. The van der Waals surface area contributed by atoms with Gasteiger partial charge in [-0.2, -0.15) is 0 Å². The second kappa shape index (κ2) is 6.27. The number of aryl methyl sites for hydroxylation is 2. The molecule has 0 aliphatic carbocycles. The summed E-state index contributed by atoms with van der Waals surface area (Å²) in [6.07, 6.45) is 2.93. The van der Waals surface area contributed by atoms with E-state index in [0.29, 0.717) is 42.7 Å². The van der Waals surface area contributed by atoms with Gasteiger partial charge in [0.15, 0.2) is 5.65 Å². The van der Waals surface area contributed by atoms with Gasteiger partial charge >= 0.3 is 5.97 Å². The van der Waals surface area contributed by atoms with Crippen molar-refractivity contribution in [3.8, 4) is 0 Å². The van der Waals surface area contributed by atoms with E-state index in [-0.39, 0.29) is 11.5 Å². The molecule has 106 valence electrons. The highest BCUT2D eigenvalue weighted by molar-refractivity contribution is 5.70. The first-order chi connectivity index (χ1) is 9.63. The summed E-state index contributed by atoms with van der Waals surface area (Å²) in [6, 6.07) is 3.60. The summed E-state index contributed by atoms with van der Waals surface area (Å²) < 4.78 is 6.34. The van der Waals surface area contributed by atoms with E-state index in [9.17, 15) is 9.59 Å². The van der Waals surface area contributed by atoms with Gasteiger partial charge in [0.05, 0.1) is 6.61 Å². The molecular formula is C14H17N3O3. The minimum absolute atomic E-state index is 0.167. The average Bonchev–Trinajstić information content (AvgIpc) is 2.44. The lowest BCUT2D eigenvalue weighted by Crippen LogP contribution is -2.24.